The summed E-state index contributed by atoms with van der Waals surface area (Å²) in [6, 6.07) is 2.99. The summed E-state index contributed by atoms with van der Waals surface area (Å²) < 4.78 is 13.0. The monoisotopic (exact) mass is 319 g/mol. The summed E-state index contributed by atoms with van der Waals surface area (Å²) >= 11 is 0. The molecule has 0 amide bonds. The van der Waals surface area contributed by atoms with Gasteiger partial charge in [-0.25, -0.2) is 9.78 Å². The van der Waals surface area contributed by atoms with E-state index in [9.17, 15) is 9.90 Å². The lowest BCUT2D eigenvalue weighted by Crippen LogP contribution is -2.21. The first-order valence-electron chi connectivity index (χ1n) is 7.89. The normalized spacial score (nSPS) is 14.9. The topological polar surface area (TPSA) is 99.6 Å². The SMILES string of the molecule is CCC(C(=O)O)n1c(CCCN)nc2cc3c(cc21)OCCO3. The fraction of sp³-hybridized carbons (Fsp3) is 0.500. The molecule has 1 aromatic heterocycles. The summed E-state index contributed by atoms with van der Waals surface area (Å²) in [7, 11) is 0. The van der Waals surface area contributed by atoms with E-state index in [0.29, 0.717) is 44.1 Å². The summed E-state index contributed by atoms with van der Waals surface area (Å²) in [5, 5.41) is 9.56. The van der Waals surface area contributed by atoms with Crippen LogP contribution in [0.3, 0.4) is 0 Å². The second kappa shape index (κ2) is 6.45. The molecular formula is C16H21N3O4. The molecule has 2 aromatic rings. The number of rotatable bonds is 6. The predicted molar refractivity (Wildman–Crippen MR) is 85.1 cm³/mol. The fourth-order valence-corrected chi connectivity index (χ4v) is 2.93. The Morgan fingerprint density at radius 3 is 2.70 bits per heavy atom. The minimum Gasteiger partial charge on any atom is -0.486 e. The number of aromatic nitrogens is 2. The lowest BCUT2D eigenvalue weighted by molar-refractivity contribution is -0.140. The Labute approximate surface area is 134 Å². The number of fused-ring (bicyclic) bond motifs is 2. The third-order valence-electron chi connectivity index (χ3n) is 4.01. The van der Waals surface area contributed by atoms with E-state index in [1.807, 2.05) is 19.1 Å². The lowest BCUT2D eigenvalue weighted by atomic mass is 10.2. The van der Waals surface area contributed by atoms with Crippen molar-refractivity contribution < 1.29 is 19.4 Å². The van der Waals surface area contributed by atoms with Crippen molar-refractivity contribution in [3.8, 4) is 11.5 Å². The molecule has 1 aromatic carbocycles. The summed E-state index contributed by atoms with van der Waals surface area (Å²) in [5.74, 6) is 1.16. The van der Waals surface area contributed by atoms with Gasteiger partial charge in [0, 0.05) is 18.6 Å². The van der Waals surface area contributed by atoms with Gasteiger partial charge in [0.05, 0.1) is 11.0 Å². The van der Waals surface area contributed by atoms with E-state index in [1.165, 1.54) is 0 Å². The molecule has 1 aliphatic heterocycles. The van der Waals surface area contributed by atoms with E-state index in [2.05, 4.69) is 4.98 Å². The van der Waals surface area contributed by atoms with Crippen molar-refractivity contribution in [1.29, 1.82) is 0 Å². The van der Waals surface area contributed by atoms with Gasteiger partial charge in [0.1, 0.15) is 25.1 Å². The molecule has 7 nitrogen and oxygen atoms in total. The molecule has 0 spiro atoms. The molecule has 0 radical (unpaired) electrons. The molecule has 0 fully saturated rings. The third kappa shape index (κ3) is 2.84. The number of hydrogen-bond donors (Lipinski definition) is 2. The van der Waals surface area contributed by atoms with E-state index in [1.54, 1.807) is 4.57 Å². The lowest BCUT2D eigenvalue weighted by Gasteiger charge is -2.20. The highest BCUT2D eigenvalue weighted by Gasteiger charge is 2.25. The van der Waals surface area contributed by atoms with Crippen LogP contribution in [0.5, 0.6) is 11.5 Å². The van der Waals surface area contributed by atoms with Gasteiger partial charge < -0.3 is 24.9 Å². The van der Waals surface area contributed by atoms with Gasteiger partial charge in [-0.15, -0.1) is 0 Å². The van der Waals surface area contributed by atoms with Crippen LogP contribution in [0.15, 0.2) is 12.1 Å². The van der Waals surface area contributed by atoms with Crippen LogP contribution < -0.4 is 15.2 Å². The zero-order valence-electron chi connectivity index (χ0n) is 13.1. The number of nitrogens with two attached hydrogens (primary N) is 1. The summed E-state index contributed by atoms with van der Waals surface area (Å²) in [4.78, 5) is 16.3. The number of aryl methyl sites for hydroxylation is 1. The quantitative estimate of drug-likeness (QED) is 0.841. The standard InChI is InChI=1S/C16H21N3O4/c1-2-11(16(20)21)19-12-9-14-13(22-6-7-23-14)8-10(12)18-15(19)4-3-5-17/h8-9,11H,2-7,17H2,1H3,(H,20,21). The zero-order chi connectivity index (χ0) is 16.4. The molecule has 0 saturated carbocycles. The molecule has 1 unspecified atom stereocenters. The van der Waals surface area contributed by atoms with Gasteiger partial charge in [0.25, 0.3) is 0 Å². The van der Waals surface area contributed by atoms with Gasteiger partial charge in [-0.3, -0.25) is 0 Å². The van der Waals surface area contributed by atoms with Crippen LogP contribution in [0.1, 0.15) is 31.6 Å². The second-order valence-corrected chi connectivity index (χ2v) is 5.54. The number of ether oxygens (including phenoxy) is 2. The molecule has 3 rings (SSSR count). The maximum absolute atomic E-state index is 11.7. The van der Waals surface area contributed by atoms with Gasteiger partial charge in [0.2, 0.25) is 0 Å². The maximum atomic E-state index is 11.7. The van der Waals surface area contributed by atoms with E-state index < -0.39 is 12.0 Å². The first-order chi connectivity index (χ1) is 11.2. The van der Waals surface area contributed by atoms with E-state index >= 15 is 0 Å². The number of aliphatic carboxylic acids is 1. The zero-order valence-corrected chi connectivity index (χ0v) is 13.1. The van der Waals surface area contributed by atoms with Crippen molar-refractivity contribution in [3.63, 3.8) is 0 Å². The summed E-state index contributed by atoms with van der Waals surface area (Å²) in [5.41, 5.74) is 7.08. The van der Waals surface area contributed by atoms with Crippen LogP contribution in [-0.4, -0.2) is 40.4 Å². The van der Waals surface area contributed by atoms with Gasteiger partial charge in [-0.2, -0.15) is 0 Å². The Morgan fingerprint density at radius 2 is 2.09 bits per heavy atom. The largest absolute Gasteiger partial charge is 0.486 e. The Bertz CT molecular complexity index is 726. The molecule has 124 valence electrons. The van der Waals surface area contributed by atoms with E-state index in [4.69, 9.17) is 15.2 Å². The first kappa shape index (κ1) is 15.6. The van der Waals surface area contributed by atoms with Gasteiger partial charge >= 0.3 is 5.97 Å². The highest BCUT2D eigenvalue weighted by Crippen LogP contribution is 2.36. The van der Waals surface area contributed by atoms with Gasteiger partial charge in [-0.1, -0.05) is 6.92 Å². The molecule has 2 heterocycles. The predicted octanol–water partition coefficient (Wildman–Crippen LogP) is 1.73. The number of hydrogen-bond acceptors (Lipinski definition) is 5. The molecule has 3 N–H and O–H groups in total. The van der Waals surface area contributed by atoms with Gasteiger partial charge in [-0.05, 0) is 19.4 Å². The summed E-state index contributed by atoms with van der Waals surface area (Å²) in [6.45, 7) is 3.39. The van der Waals surface area contributed by atoms with Crippen LogP contribution >= 0.6 is 0 Å². The maximum Gasteiger partial charge on any atom is 0.326 e. The van der Waals surface area contributed by atoms with Gasteiger partial charge in [0.15, 0.2) is 11.5 Å². The minimum absolute atomic E-state index is 0.477. The van der Waals surface area contributed by atoms with Crippen molar-refractivity contribution in [2.24, 2.45) is 5.73 Å². The van der Waals surface area contributed by atoms with Crippen LogP contribution in [0.2, 0.25) is 0 Å². The van der Waals surface area contributed by atoms with Crippen molar-refractivity contribution in [3.05, 3.63) is 18.0 Å². The number of imidazole rings is 1. The van der Waals surface area contributed by atoms with Crippen LogP contribution in [-0.2, 0) is 11.2 Å². The van der Waals surface area contributed by atoms with Crippen LogP contribution in [0.25, 0.3) is 11.0 Å². The Morgan fingerprint density at radius 1 is 1.39 bits per heavy atom. The van der Waals surface area contributed by atoms with Crippen molar-refractivity contribution in [1.82, 2.24) is 9.55 Å². The average Bonchev–Trinajstić information content (AvgIpc) is 2.88. The van der Waals surface area contributed by atoms with Crippen molar-refractivity contribution >= 4 is 17.0 Å². The fourth-order valence-electron chi connectivity index (χ4n) is 2.93. The number of benzene rings is 1. The minimum atomic E-state index is -0.865. The second-order valence-electron chi connectivity index (χ2n) is 5.54. The number of carboxylic acids is 1. The highest BCUT2D eigenvalue weighted by atomic mass is 16.6. The first-order valence-corrected chi connectivity index (χ1v) is 7.89. The molecule has 1 aliphatic rings. The molecule has 7 heteroatoms. The Kier molecular flexibility index (Phi) is 4.38. The van der Waals surface area contributed by atoms with E-state index in [0.717, 1.165) is 23.3 Å². The number of carboxylic acid groups (broad SMARTS) is 1. The average molecular weight is 319 g/mol. The highest BCUT2D eigenvalue weighted by molar-refractivity contribution is 5.83. The smallest absolute Gasteiger partial charge is 0.326 e. The molecule has 1 atom stereocenters. The van der Waals surface area contributed by atoms with Crippen LogP contribution in [0, 0.1) is 0 Å². The summed E-state index contributed by atoms with van der Waals surface area (Å²) in [6.07, 6.45) is 1.87. The Balaban J connectivity index is 2.17. The number of nitrogens with zero attached hydrogens (tertiary/aromatic N) is 2. The Hall–Kier alpha value is -2.28. The molecule has 0 saturated heterocycles. The van der Waals surface area contributed by atoms with Crippen LogP contribution in [0.4, 0.5) is 0 Å². The molecule has 0 aliphatic carbocycles. The number of carbonyl (C=O) groups is 1. The van der Waals surface area contributed by atoms with Crippen molar-refractivity contribution in [2.75, 3.05) is 19.8 Å². The molecular weight excluding hydrogens is 298 g/mol. The molecule has 0 bridgehead atoms. The van der Waals surface area contributed by atoms with E-state index in [-0.39, 0.29) is 0 Å². The molecule has 23 heavy (non-hydrogen) atoms. The third-order valence-corrected chi connectivity index (χ3v) is 4.01. The van der Waals surface area contributed by atoms with Crippen molar-refractivity contribution in [2.45, 2.75) is 32.2 Å².